The maximum atomic E-state index is 12.2. The lowest BCUT2D eigenvalue weighted by Crippen LogP contribution is -2.47. The van der Waals surface area contributed by atoms with E-state index < -0.39 is 0 Å². The van der Waals surface area contributed by atoms with Crippen molar-refractivity contribution in [3.8, 4) is 0 Å². The van der Waals surface area contributed by atoms with Gasteiger partial charge >= 0.3 is 0 Å². The highest BCUT2D eigenvalue weighted by atomic mass is 79.9. The summed E-state index contributed by atoms with van der Waals surface area (Å²) in [6.45, 7) is 4.21. The summed E-state index contributed by atoms with van der Waals surface area (Å²) in [6, 6.07) is 7.96. The summed E-state index contributed by atoms with van der Waals surface area (Å²) in [6.07, 6.45) is 5.03. The Morgan fingerprint density at radius 3 is 2.55 bits per heavy atom. The molecule has 0 unspecified atom stereocenters. The third-order valence-corrected chi connectivity index (χ3v) is 4.61. The third-order valence-electron chi connectivity index (χ3n) is 4.08. The zero-order chi connectivity index (χ0) is 14.5. The van der Waals surface area contributed by atoms with Gasteiger partial charge in [0, 0.05) is 16.2 Å². The van der Waals surface area contributed by atoms with Gasteiger partial charge in [-0.2, -0.15) is 0 Å². The van der Waals surface area contributed by atoms with E-state index in [-0.39, 0.29) is 11.9 Å². The fraction of sp³-hybridized carbons (Fsp3) is 0.562. The highest BCUT2D eigenvalue weighted by Crippen LogP contribution is 2.24. The molecular weight excluding hydrogens is 316 g/mol. The molecule has 3 nitrogen and oxygen atoms in total. The summed E-state index contributed by atoms with van der Waals surface area (Å²) in [5.74, 6) is 0.691. The summed E-state index contributed by atoms with van der Waals surface area (Å²) in [5, 5.41) is 6.43. The van der Waals surface area contributed by atoms with E-state index in [9.17, 15) is 4.79 Å². The van der Waals surface area contributed by atoms with Gasteiger partial charge < -0.3 is 10.6 Å². The molecule has 3 atom stereocenters. The van der Waals surface area contributed by atoms with Gasteiger partial charge in [0.25, 0.3) is 0 Å². The van der Waals surface area contributed by atoms with Crippen LogP contribution in [0.4, 0.5) is 5.69 Å². The van der Waals surface area contributed by atoms with E-state index in [0.29, 0.717) is 12.0 Å². The Balaban J connectivity index is 1.86. The van der Waals surface area contributed by atoms with Crippen LogP contribution in [0.5, 0.6) is 0 Å². The van der Waals surface area contributed by atoms with Crippen LogP contribution in [0.25, 0.3) is 0 Å². The number of hydrogen-bond acceptors (Lipinski definition) is 2. The molecule has 1 aliphatic rings. The highest BCUT2D eigenvalue weighted by Gasteiger charge is 2.24. The zero-order valence-electron chi connectivity index (χ0n) is 12.2. The molecule has 2 rings (SSSR count). The van der Waals surface area contributed by atoms with Crippen molar-refractivity contribution < 1.29 is 4.79 Å². The fourth-order valence-corrected chi connectivity index (χ4v) is 3.01. The molecule has 0 heterocycles. The third kappa shape index (κ3) is 4.32. The van der Waals surface area contributed by atoms with Gasteiger partial charge in [-0.1, -0.05) is 35.7 Å². The van der Waals surface area contributed by atoms with Crippen molar-refractivity contribution in [3.63, 3.8) is 0 Å². The molecule has 0 aliphatic heterocycles. The van der Waals surface area contributed by atoms with Gasteiger partial charge in [0.15, 0.2) is 0 Å². The summed E-state index contributed by atoms with van der Waals surface area (Å²) < 4.78 is 1.01. The molecule has 1 aliphatic carbocycles. The molecule has 0 bridgehead atoms. The summed E-state index contributed by atoms with van der Waals surface area (Å²) >= 11 is 3.39. The van der Waals surface area contributed by atoms with Crippen LogP contribution >= 0.6 is 15.9 Å². The number of rotatable bonds is 4. The zero-order valence-corrected chi connectivity index (χ0v) is 13.7. The fourth-order valence-electron chi connectivity index (χ4n) is 2.74. The number of nitrogens with one attached hydrogen (secondary N) is 2. The smallest absolute Gasteiger partial charge is 0.241 e. The van der Waals surface area contributed by atoms with Crippen molar-refractivity contribution in [2.75, 3.05) is 5.32 Å². The number of amides is 1. The molecule has 1 aromatic carbocycles. The molecule has 2 N–H and O–H groups in total. The van der Waals surface area contributed by atoms with E-state index in [1.165, 1.54) is 25.7 Å². The monoisotopic (exact) mass is 338 g/mol. The van der Waals surface area contributed by atoms with Crippen LogP contribution in [0.3, 0.4) is 0 Å². The average Bonchev–Trinajstić information content (AvgIpc) is 2.44. The number of carbonyl (C=O) groups excluding carboxylic acids is 1. The van der Waals surface area contributed by atoms with E-state index in [0.717, 1.165) is 10.2 Å². The molecule has 1 saturated carbocycles. The minimum atomic E-state index is -0.163. The van der Waals surface area contributed by atoms with E-state index in [4.69, 9.17) is 0 Å². The van der Waals surface area contributed by atoms with Gasteiger partial charge in [-0.3, -0.25) is 4.79 Å². The van der Waals surface area contributed by atoms with E-state index in [1.54, 1.807) is 0 Å². The minimum absolute atomic E-state index is 0.0325. The van der Waals surface area contributed by atoms with Crippen LogP contribution < -0.4 is 10.6 Å². The number of hydrogen-bond donors (Lipinski definition) is 2. The van der Waals surface area contributed by atoms with Crippen LogP contribution in [0.15, 0.2) is 28.7 Å². The van der Waals surface area contributed by atoms with Gasteiger partial charge in [0.2, 0.25) is 5.91 Å². The second-order valence-electron chi connectivity index (χ2n) is 5.75. The molecular formula is C16H23BrN2O. The Hall–Kier alpha value is -0.870. The molecule has 1 amide bonds. The normalized spacial score (nSPS) is 24.1. The maximum Gasteiger partial charge on any atom is 0.241 e. The summed E-state index contributed by atoms with van der Waals surface area (Å²) in [7, 11) is 0. The molecule has 1 aromatic rings. The quantitative estimate of drug-likeness (QED) is 0.872. The van der Waals surface area contributed by atoms with Crippen LogP contribution in [-0.4, -0.2) is 18.0 Å². The van der Waals surface area contributed by atoms with E-state index in [2.05, 4.69) is 33.5 Å². The molecule has 1 fully saturated rings. The van der Waals surface area contributed by atoms with Gasteiger partial charge in [0.1, 0.15) is 0 Å². The molecule has 0 saturated heterocycles. The predicted octanol–water partition coefficient (Wildman–Crippen LogP) is 3.94. The Bertz CT molecular complexity index is 446. The Labute approximate surface area is 129 Å². The van der Waals surface area contributed by atoms with Gasteiger partial charge in [-0.15, -0.1) is 0 Å². The number of anilines is 1. The first kappa shape index (κ1) is 15.5. The molecule has 0 spiro atoms. The lowest BCUT2D eigenvalue weighted by Gasteiger charge is -2.31. The first-order valence-electron chi connectivity index (χ1n) is 7.39. The summed E-state index contributed by atoms with van der Waals surface area (Å²) in [5.41, 5.74) is 0.837. The minimum Gasteiger partial charge on any atom is -0.325 e. The van der Waals surface area contributed by atoms with Gasteiger partial charge in [-0.05, 0) is 49.9 Å². The largest absolute Gasteiger partial charge is 0.325 e. The predicted molar refractivity (Wildman–Crippen MR) is 86.8 cm³/mol. The van der Waals surface area contributed by atoms with Crippen LogP contribution in [0, 0.1) is 5.92 Å². The van der Waals surface area contributed by atoms with E-state index >= 15 is 0 Å². The van der Waals surface area contributed by atoms with Crippen molar-refractivity contribution in [2.45, 2.75) is 51.6 Å². The first-order valence-corrected chi connectivity index (χ1v) is 8.18. The first-order chi connectivity index (χ1) is 9.56. The Kier molecular flexibility index (Phi) is 5.61. The standard InChI is InChI=1S/C16H23BrN2O/c1-11-5-3-4-6-15(11)18-12(2)16(20)19-14-9-7-13(17)8-10-14/h7-12,15,18H,3-6H2,1-2H3,(H,19,20)/t11-,12-,15+/m0/s1. The molecule has 20 heavy (non-hydrogen) atoms. The SMILES string of the molecule is C[C@H](N[C@@H]1CCCC[C@@H]1C)C(=O)Nc1ccc(Br)cc1. The van der Waals surface area contributed by atoms with Crippen molar-refractivity contribution in [3.05, 3.63) is 28.7 Å². The Morgan fingerprint density at radius 2 is 1.90 bits per heavy atom. The molecule has 0 aromatic heterocycles. The number of halogens is 1. The van der Waals surface area contributed by atoms with Crippen molar-refractivity contribution in [2.24, 2.45) is 5.92 Å². The lowest BCUT2D eigenvalue weighted by atomic mass is 9.85. The van der Waals surface area contributed by atoms with Gasteiger partial charge in [-0.25, -0.2) is 0 Å². The van der Waals surface area contributed by atoms with Crippen molar-refractivity contribution in [1.82, 2.24) is 5.32 Å². The van der Waals surface area contributed by atoms with Crippen LogP contribution in [0.2, 0.25) is 0 Å². The molecule has 110 valence electrons. The van der Waals surface area contributed by atoms with Crippen molar-refractivity contribution >= 4 is 27.5 Å². The number of carbonyl (C=O) groups is 1. The maximum absolute atomic E-state index is 12.2. The topological polar surface area (TPSA) is 41.1 Å². The van der Waals surface area contributed by atoms with E-state index in [1.807, 2.05) is 31.2 Å². The van der Waals surface area contributed by atoms with Gasteiger partial charge in [0.05, 0.1) is 6.04 Å². The highest BCUT2D eigenvalue weighted by molar-refractivity contribution is 9.10. The van der Waals surface area contributed by atoms with Crippen molar-refractivity contribution in [1.29, 1.82) is 0 Å². The number of benzene rings is 1. The Morgan fingerprint density at radius 1 is 1.25 bits per heavy atom. The lowest BCUT2D eigenvalue weighted by molar-refractivity contribution is -0.118. The molecule has 0 radical (unpaired) electrons. The van der Waals surface area contributed by atoms with Crippen LogP contribution in [-0.2, 0) is 4.79 Å². The second-order valence-corrected chi connectivity index (χ2v) is 6.67. The molecule has 4 heteroatoms. The average molecular weight is 339 g/mol. The van der Waals surface area contributed by atoms with Crippen LogP contribution in [0.1, 0.15) is 39.5 Å². The summed E-state index contributed by atoms with van der Waals surface area (Å²) in [4.78, 5) is 12.2. The second kappa shape index (κ2) is 7.23.